The van der Waals surface area contributed by atoms with Crippen molar-refractivity contribution >= 4 is 21.6 Å². The minimum absolute atomic E-state index is 0.118. The van der Waals surface area contributed by atoms with Crippen LogP contribution in [0.2, 0.25) is 0 Å². The van der Waals surface area contributed by atoms with E-state index < -0.39 is 11.7 Å². The number of anilines is 1. The molecule has 0 unspecified atom stereocenters. The summed E-state index contributed by atoms with van der Waals surface area (Å²) in [4.78, 5) is 2.02. The zero-order valence-corrected chi connectivity index (χ0v) is 13.7. The van der Waals surface area contributed by atoms with Crippen LogP contribution < -0.4 is 5.32 Å². The van der Waals surface area contributed by atoms with Gasteiger partial charge in [0.05, 0.1) is 5.56 Å². The lowest BCUT2D eigenvalue weighted by molar-refractivity contribution is -0.137. The average Bonchev–Trinajstić information content (AvgIpc) is 2.24. The molecule has 0 atom stereocenters. The van der Waals surface area contributed by atoms with Gasteiger partial charge in [0.25, 0.3) is 0 Å². The number of benzene rings is 1. The molecule has 0 saturated carbocycles. The van der Waals surface area contributed by atoms with Crippen LogP contribution in [0.5, 0.6) is 0 Å². The lowest BCUT2D eigenvalue weighted by atomic mass is 9.92. The molecule has 0 fully saturated rings. The summed E-state index contributed by atoms with van der Waals surface area (Å²) in [5.41, 5.74) is -0.653. The Morgan fingerprint density at radius 1 is 1.20 bits per heavy atom. The van der Waals surface area contributed by atoms with E-state index in [1.807, 2.05) is 32.8 Å². The smallest absolute Gasteiger partial charge is 0.384 e. The number of alkyl halides is 3. The number of hydrogen-bond acceptors (Lipinski definition) is 2. The topological polar surface area (TPSA) is 15.3 Å². The minimum atomic E-state index is -4.36. The molecule has 0 aliphatic rings. The number of nitrogens with one attached hydrogen (secondary N) is 1. The van der Waals surface area contributed by atoms with E-state index >= 15 is 0 Å². The molecule has 0 bridgehead atoms. The van der Waals surface area contributed by atoms with Gasteiger partial charge in [0.1, 0.15) is 0 Å². The molecule has 0 aliphatic heterocycles. The first-order valence-electron chi connectivity index (χ1n) is 6.27. The van der Waals surface area contributed by atoms with Gasteiger partial charge in [-0.15, -0.1) is 0 Å². The summed E-state index contributed by atoms with van der Waals surface area (Å²) in [6, 6.07) is 4.16. The van der Waals surface area contributed by atoms with Crippen molar-refractivity contribution in [3.63, 3.8) is 0 Å². The van der Waals surface area contributed by atoms with Crippen molar-refractivity contribution in [1.29, 1.82) is 0 Å². The van der Waals surface area contributed by atoms with E-state index in [-0.39, 0.29) is 11.1 Å². The fraction of sp³-hybridized carbons (Fsp3) is 0.571. The van der Waals surface area contributed by atoms with Crippen molar-refractivity contribution in [2.75, 3.05) is 32.5 Å². The van der Waals surface area contributed by atoms with Crippen LogP contribution in [0, 0.1) is 5.41 Å². The van der Waals surface area contributed by atoms with Crippen LogP contribution in [0.1, 0.15) is 19.4 Å². The molecule has 1 rings (SSSR count). The van der Waals surface area contributed by atoms with E-state index in [9.17, 15) is 13.2 Å². The van der Waals surface area contributed by atoms with Gasteiger partial charge in [0.2, 0.25) is 0 Å². The molecule has 6 heteroatoms. The summed E-state index contributed by atoms with van der Waals surface area (Å²) in [5.74, 6) is 0. The van der Waals surface area contributed by atoms with Crippen molar-refractivity contribution < 1.29 is 13.2 Å². The Bertz CT molecular complexity index is 456. The molecule has 0 amide bonds. The van der Waals surface area contributed by atoms with Crippen LogP contribution in [-0.4, -0.2) is 32.1 Å². The van der Waals surface area contributed by atoms with Gasteiger partial charge in [-0.1, -0.05) is 29.8 Å². The van der Waals surface area contributed by atoms with Gasteiger partial charge in [-0.25, -0.2) is 0 Å². The number of nitrogens with zero attached hydrogens (tertiary/aromatic N) is 1. The molecule has 2 nitrogen and oxygen atoms in total. The molecule has 0 radical (unpaired) electrons. The average molecular weight is 353 g/mol. The van der Waals surface area contributed by atoms with Gasteiger partial charge in [-0.3, -0.25) is 0 Å². The Morgan fingerprint density at radius 3 is 2.30 bits per heavy atom. The van der Waals surface area contributed by atoms with Gasteiger partial charge in [0.15, 0.2) is 0 Å². The first-order valence-corrected chi connectivity index (χ1v) is 7.06. The second kappa shape index (κ2) is 6.35. The molecule has 1 aromatic carbocycles. The highest BCUT2D eigenvalue weighted by atomic mass is 79.9. The number of hydrogen-bond donors (Lipinski definition) is 1. The van der Waals surface area contributed by atoms with Crippen LogP contribution in [0.25, 0.3) is 0 Å². The van der Waals surface area contributed by atoms with Crippen LogP contribution in [0.4, 0.5) is 18.9 Å². The summed E-state index contributed by atoms with van der Waals surface area (Å²) in [6.45, 7) is 5.30. The maximum absolute atomic E-state index is 13.0. The largest absolute Gasteiger partial charge is 0.418 e. The van der Waals surface area contributed by atoms with Crippen molar-refractivity contribution in [2.45, 2.75) is 20.0 Å². The first kappa shape index (κ1) is 17.3. The standard InChI is InChI=1S/C14H20BrF3N2/c1-13(2,9-20(3)4)8-19-12-6-5-10(15)7-11(12)14(16,17)18/h5-7,19H,8-9H2,1-4H3. The maximum Gasteiger partial charge on any atom is 0.418 e. The molecular formula is C14H20BrF3N2. The monoisotopic (exact) mass is 352 g/mol. The SMILES string of the molecule is CN(C)CC(C)(C)CNc1ccc(Br)cc1C(F)(F)F. The van der Waals surface area contributed by atoms with Gasteiger partial charge in [-0.2, -0.15) is 13.2 Å². The fourth-order valence-corrected chi connectivity index (χ4v) is 2.51. The van der Waals surface area contributed by atoms with Gasteiger partial charge >= 0.3 is 6.18 Å². The predicted molar refractivity (Wildman–Crippen MR) is 80.0 cm³/mol. The van der Waals surface area contributed by atoms with Crippen molar-refractivity contribution in [2.24, 2.45) is 5.41 Å². The Balaban J connectivity index is 2.88. The van der Waals surface area contributed by atoms with Crippen LogP contribution >= 0.6 is 15.9 Å². The van der Waals surface area contributed by atoms with Crippen molar-refractivity contribution in [3.05, 3.63) is 28.2 Å². The molecule has 1 N–H and O–H groups in total. The van der Waals surface area contributed by atoms with Crippen LogP contribution in [0.15, 0.2) is 22.7 Å². The molecule has 1 aromatic rings. The zero-order chi connectivity index (χ0) is 15.6. The molecule has 114 valence electrons. The van der Waals surface area contributed by atoms with E-state index in [1.54, 1.807) is 6.07 Å². The highest BCUT2D eigenvalue weighted by Crippen LogP contribution is 2.37. The molecule has 0 heterocycles. The van der Waals surface area contributed by atoms with Crippen molar-refractivity contribution in [1.82, 2.24) is 4.90 Å². The Hall–Kier alpha value is -0.750. The molecular weight excluding hydrogens is 333 g/mol. The minimum Gasteiger partial charge on any atom is -0.384 e. The lowest BCUT2D eigenvalue weighted by Gasteiger charge is -2.29. The third-order valence-corrected chi connectivity index (χ3v) is 3.28. The van der Waals surface area contributed by atoms with Crippen molar-refractivity contribution in [3.8, 4) is 0 Å². The van der Waals surface area contributed by atoms with Gasteiger partial charge in [0, 0.05) is 23.2 Å². The summed E-state index contributed by atoms with van der Waals surface area (Å²) < 4.78 is 39.4. The lowest BCUT2D eigenvalue weighted by Crippen LogP contribution is -2.34. The number of halogens is 4. The van der Waals surface area contributed by atoms with Crippen LogP contribution in [-0.2, 0) is 6.18 Å². The molecule has 0 aromatic heterocycles. The Kier molecular flexibility index (Phi) is 5.49. The Labute approximate surface area is 126 Å². The van der Waals surface area contributed by atoms with Crippen LogP contribution in [0.3, 0.4) is 0 Å². The van der Waals surface area contributed by atoms with Gasteiger partial charge in [-0.05, 0) is 37.7 Å². The third kappa shape index (κ3) is 5.32. The quantitative estimate of drug-likeness (QED) is 0.840. The summed E-state index contributed by atoms with van der Waals surface area (Å²) in [5, 5.41) is 2.93. The molecule has 0 spiro atoms. The maximum atomic E-state index is 13.0. The second-order valence-electron chi connectivity index (χ2n) is 5.94. The molecule has 0 saturated heterocycles. The fourth-order valence-electron chi connectivity index (χ4n) is 2.15. The summed E-state index contributed by atoms with van der Waals surface area (Å²) in [6.07, 6.45) is -4.36. The van der Waals surface area contributed by atoms with Gasteiger partial charge < -0.3 is 10.2 Å². The summed E-state index contributed by atoms with van der Waals surface area (Å²) >= 11 is 3.08. The summed E-state index contributed by atoms with van der Waals surface area (Å²) in [7, 11) is 3.89. The first-order chi connectivity index (χ1) is 9.01. The van der Waals surface area contributed by atoms with E-state index in [1.165, 1.54) is 6.07 Å². The molecule has 20 heavy (non-hydrogen) atoms. The predicted octanol–water partition coefficient (Wildman–Crippen LogP) is 4.47. The zero-order valence-electron chi connectivity index (χ0n) is 12.1. The normalized spacial score (nSPS) is 12.8. The van der Waals surface area contributed by atoms with E-state index in [2.05, 4.69) is 21.2 Å². The Morgan fingerprint density at radius 2 is 1.80 bits per heavy atom. The van der Waals surface area contributed by atoms with E-state index in [4.69, 9.17) is 0 Å². The highest BCUT2D eigenvalue weighted by molar-refractivity contribution is 9.10. The number of rotatable bonds is 5. The van der Waals surface area contributed by atoms with E-state index in [0.29, 0.717) is 11.0 Å². The third-order valence-electron chi connectivity index (χ3n) is 2.79. The van der Waals surface area contributed by atoms with E-state index in [0.717, 1.165) is 12.6 Å². The molecule has 0 aliphatic carbocycles. The second-order valence-corrected chi connectivity index (χ2v) is 6.86. The highest BCUT2D eigenvalue weighted by Gasteiger charge is 2.34.